The lowest BCUT2D eigenvalue weighted by Crippen LogP contribution is -2.37. The summed E-state index contributed by atoms with van der Waals surface area (Å²) >= 11 is 0. The summed E-state index contributed by atoms with van der Waals surface area (Å²) in [6, 6.07) is 0. The number of rotatable bonds is 10. The number of carboxylic acids is 1. The summed E-state index contributed by atoms with van der Waals surface area (Å²) in [4.78, 5) is 23.7. The molecule has 0 aromatic carbocycles. The average Bonchev–Trinajstić information content (AvgIpc) is 2.36. The highest BCUT2D eigenvalue weighted by atomic mass is 16.4. The summed E-state index contributed by atoms with van der Waals surface area (Å²) in [5.41, 5.74) is 0. The third kappa shape index (κ3) is 8.09. The number of carbonyl (C=O) groups is 2. The van der Waals surface area contributed by atoms with E-state index in [0.29, 0.717) is 13.1 Å². The van der Waals surface area contributed by atoms with Crippen molar-refractivity contribution < 1.29 is 14.7 Å². The summed E-state index contributed by atoms with van der Waals surface area (Å²) < 4.78 is 0. The fraction of sp³-hybridized carbons (Fsp3) is 0.857. The minimum Gasteiger partial charge on any atom is -0.474 e. The SMILES string of the molecule is CCCCCCN(CCCCCC)C(=O)C(=O)O. The Labute approximate surface area is 110 Å². The van der Waals surface area contributed by atoms with E-state index in [9.17, 15) is 9.59 Å². The Hall–Kier alpha value is -1.06. The number of carbonyl (C=O) groups excluding carboxylic acids is 1. The molecular weight excluding hydrogens is 230 g/mol. The number of nitrogens with zero attached hydrogens (tertiary/aromatic N) is 1. The molecule has 0 saturated carbocycles. The largest absolute Gasteiger partial charge is 0.474 e. The van der Waals surface area contributed by atoms with Crippen LogP contribution in [-0.2, 0) is 9.59 Å². The van der Waals surface area contributed by atoms with Gasteiger partial charge in [-0.25, -0.2) is 4.79 Å². The van der Waals surface area contributed by atoms with Crippen LogP contribution >= 0.6 is 0 Å². The van der Waals surface area contributed by atoms with Crippen molar-refractivity contribution in [3.63, 3.8) is 0 Å². The summed E-state index contributed by atoms with van der Waals surface area (Å²) in [5, 5.41) is 8.77. The van der Waals surface area contributed by atoms with E-state index in [1.54, 1.807) is 0 Å². The van der Waals surface area contributed by atoms with Crippen molar-refractivity contribution in [1.29, 1.82) is 0 Å². The lowest BCUT2D eigenvalue weighted by molar-refractivity contribution is -0.156. The Kier molecular flexibility index (Phi) is 10.4. The van der Waals surface area contributed by atoms with Crippen molar-refractivity contribution in [3.8, 4) is 0 Å². The molecule has 0 heterocycles. The van der Waals surface area contributed by atoms with Crippen LogP contribution in [-0.4, -0.2) is 35.0 Å². The van der Waals surface area contributed by atoms with Crippen molar-refractivity contribution >= 4 is 11.9 Å². The highest BCUT2D eigenvalue weighted by Crippen LogP contribution is 2.05. The first kappa shape index (κ1) is 16.9. The van der Waals surface area contributed by atoms with Gasteiger partial charge in [-0.05, 0) is 12.8 Å². The molecule has 0 fully saturated rings. The summed E-state index contributed by atoms with van der Waals surface area (Å²) in [7, 11) is 0. The highest BCUT2D eigenvalue weighted by Gasteiger charge is 2.19. The Morgan fingerprint density at radius 1 is 0.833 bits per heavy atom. The van der Waals surface area contributed by atoms with Crippen LogP contribution in [0.2, 0.25) is 0 Å². The fourth-order valence-electron chi connectivity index (χ4n) is 1.91. The molecule has 0 aliphatic rings. The van der Waals surface area contributed by atoms with Gasteiger partial charge >= 0.3 is 11.9 Å². The topological polar surface area (TPSA) is 57.6 Å². The molecule has 0 saturated heterocycles. The van der Waals surface area contributed by atoms with Crippen LogP contribution in [0.15, 0.2) is 0 Å². The minimum absolute atomic E-state index is 0.581. The molecule has 0 rings (SSSR count). The van der Waals surface area contributed by atoms with Crippen LogP contribution < -0.4 is 0 Å². The first-order valence-corrected chi connectivity index (χ1v) is 7.15. The van der Waals surface area contributed by atoms with Gasteiger partial charge < -0.3 is 10.0 Å². The van der Waals surface area contributed by atoms with Gasteiger partial charge in [0.1, 0.15) is 0 Å². The van der Waals surface area contributed by atoms with Gasteiger partial charge in [0.2, 0.25) is 0 Å². The van der Waals surface area contributed by atoms with E-state index in [1.165, 1.54) is 4.90 Å². The number of hydrogen-bond donors (Lipinski definition) is 1. The zero-order chi connectivity index (χ0) is 13.8. The van der Waals surface area contributed by atoms with Crippen molar-refractivity contribution in [3.05, 3.63) is 0 Å². The monoisotopic (exact) mass is 257 g/mol. The predicted molar refractivity (Wildman–Crippen MR) is 72.5 cm³/mol. The molecule has 0 unspecified atom stereocenters. The van der Waals surface area contributed by atoms with Crippen molar-refractivity contribution in [2.24, 2.45) is 0 Å². The first-order valence-electron chi connectivity index (χ1n) is 7.15. The Morgan fingerprint density at radius 3 is 1.61 bits per heavy atom. The second-order valence-corrected chi connectivity index (χ2v) is 4.72. The maximum atomic E-state index is 11.5. The number of amides is 1. The van der Waals surface area contributed by atoms with Gasteiger partial charge in [0.05, 0.1) is 0 Å². The molecule has 1 N–H and O–H groups in total. The molecule has 106 valence electrons. The standard InChI is InChI=1S/C14H27NO3/c1-3-5-7-9-11-15(13(16)14(17)18)12-10-8-6-4-2/h3-12H2,1-2H3,(H,17,18). The maximum Gasteiger partial charge on any atom is 0.394 e. The van der Waals surface area contributed by atoms with Gasteiger partial charge in [-0.2, -0.15) is 0 Å². The number of aliphatic carboxylic acids is 1. The predicted octanol–water partition coefficient (Wildman–Crippen LogP) is 3.06. The van der Waals surface area contributed by atoms with Crippen LogP contribution in [0.3, 0.4) is 0 Å². The van der Waals surface area contributed by atoms with Crippen LogP contribution in [0.4, 0.5) is 0 Å². The molecule has 0 atom stereocenters. The Morgan fingerprint density at radius 2 is 1.28 bits per heavy atom. The smallest absolute Gasteiger partial charge is 0.394 e. The van der Waals surface area contributed by atoms with E-state index in [-0.39, 0.29) is 0 Å². The molecule has 0 aliphatic carbocycles. The quantitative estimate of drug-likeness (QED) is 0.483. The van der Waals surface area contributed by atoms with Gasteiger partial charge in [-0.15, -0.1) is 0 Å². The molecule has 0 bridgehead atoms. The molecule has 4 nitrogen and oxygen atoms in total. The lowest BCUT2D eigenvalue weighted by Gasteiger charge is -2.20. The van der Waals surface area contributed by atoms with E-state index in [2.05, 4.69) is 13.8 Å². The van der Waals surface area contributed by atoms with E-state index in [4.69, 9.17) is 5.11 Å². The Balaban J connectivity index is 4.00. The zero-order valence-electron chi connectivity index (χ0n) is 11.8. The summed E-state index contributed by atoms with van der Waals surface area (Å²) in [5.74, 6) is -2.08. The third-order valence-corrected chi connectivity index (χ3v) is 3.03. The van der Waals surface area contributed by atoms with Gasteiger partial charge in [-0.1, -0.05) is 52.4 Å². The van der Waals surface area contributed by atoms with Crippen molar-refractivity contribution in [2.45, 2.75) is 65.2 Å². The molecule has 0 aliphatic heterocycles. The fourth-order valence-corrected chi connectivity index (χ4v) is 1.91. The second kappa shape index (κ2) is 11.1. The van der Waals surface area contributed by atoms with Gasteiger partial charge in [-0.3, -0.25) is 4.79 Å². The molecule has 0 aromatic rings. The molecule has 18 heavy (non-hydrogen) atoms. The van der Waals surface area contributed by atoms with E-state index >= 15 is 0 Å². The maximum absolute atomic E-state index is 11.5. The van der Waals surface area contributed by atoms with E-state index < -0.39 is 11.9 Å². The summed E-state index contributed by atoms with van der Waals surface area (Å²) in [6.45, 7) is 5.42. The molecule has 0 aromatic heterocycles. The number of unbranched alkanes of at least 4 members (excludes halogenated alkanes) is 6. The van der Waals surface area contributed by atoms with Gasteiger partial charge in [0.25, 0.3) is 0 Å². The van der Waals surface area contributed by atoms with E-state index in [1.807, 2.05) is 0 Å². The minimum atomic E-state index is -1.33. The normalized spacial score (nSPS) is 10.3. The van der Waals surface area contributed by atoms with Crippen molar-refractivity contribution in [1.82, 2.24) is 4.90 Å². The molecule has 0 radical (unpaired) electrons. The van der Waals surface area contributed by atoms with Gasteiger partial charge in [0, 0.05) is 13.1 Å². The first-order chi connectivity index (χ1) is 8.63. The molecular formula is C14H27NO3. The molecule has 0 spiro atoms. The number of hydrogen-bond acceptors (Lipinski definition) is 2. The van der Waals surface area contributed by atoms with E-state index in [0.717, 1.165) is 51.4 Å². The van der Waals surface area contributed by atoms with Crippen molar-refractivity contribution in [2.75, 3.05) is 13.1 Å². The lowest BCUT2D eigenvalue weighted by atomic mass is 10.1. The molecule has 4 heteroatoms. The average molecular weight is 257 g/mol. The highest BCUT2D eigenvalue weighted by molar-refractivity contribution is 6.31. The number of carboxylic acid groups (broad SMARTS) is 1. The van der Waals surface area contributed by atoms with Crippen LogP contribution in [0.25, 0.3) is 0 Å². The van der Waals surface area contributed by atoms with Gasteiger partial charge in [0.15, 0.2) is 0 Å². The summed E-state index contributed by atoms with van der Waals surface area (Å²) in [6.07, 6.45) is 8.51. The van der Waals surface area contributed by atoms with Crippen LogP contribution in [0.1, 0.15) is 65.2 Å². The van der Waals surface area contributed by atoms with Crippen LogP contribution in [0.5, 0.6) is 0 Å². The second-order valence-electron chi connectivity index (χ2n) is 4.72. The van der Waals surface area contributed by atoms with Crippen LogP contribution in [0, 0.1) is 0 Å². The zero-order valence-corrected chi connectivity index (χ0v) is 11.8. The third-order valence-electron chi connectivity index (χ3n) is 3.03. The molecule has 1 amide bonds. The Bertz CT molecular complexity index is 229.